The van der Waals surface area contributed by atoms with E-state index < -0.39 is 0 Å². The largest absolute Gasteiger partial charge is 0.493 e. The molecule has 0 saturated heterocycles. The Bertz CT molecular complexity index is 432. The van der Waals surface area contributed by atoms with E-state index in [1.54, 1.807) is 0 Å². The molecule has 2 aromatic carbocycles. The van der Waals surface area contributed by atoms with Gasteiger partial charge < -0.3 is 9.84 Å². The summed E-state index contributed by atoms with van der Waals surface area (Å²) in [5.41, 5.74) is 0. The molecular formula is C13H14O2. The number of aliphatic hydroxyl groups is 1. The van der Waals surface area contributed by atoms with E-state index in [0.29, 0.717) is 13.0 Å². The van der Waals surface area contributed by atoms with Crippen LogP contribution in [0, 0.1) is 0 Å². The summed E-state index contributed by atoms with van der Waals surface area (Å²) in [5, 5.41) is 11.0. The van der Waals surface area contributed by atoms with E-state index in [1.807, 2.05) is 30.3 Å². The summed E-state index contributed by atoms with van der Waals surface area (Å²) in [6.07, 6.45) is 0.670. The van der Waals surface area contributed by atoms with Crippen molar-refractivity contribution >= 4 is 10.8 Å². The third kappa shape index (κ3) is 2.28. The Labute approximate surface area is 89.1 Å². The van der Waals surface area contributed by atoms with Gasteiger partial charge in [0.05, 0.1) is 6.61 Å². The number of ether oxygens (including phenoxy) is 1. The van der Waals surface area contributed by atoms with Gasteiger partial charge in [-0.25, -0.2) is 0 Å². The van der Waals surface area contributed by atoms with Crippen LogP contribution in [-0.2, 0) is 0 Å². The van der Waals surface area contributed by atoms with Crippen LogP contribution in [0.4, 0.5) is 0 Å². The highest BCUT2D eigenvalue weighted by molar-refractivity contribution is 5.88. The van der Waals surface area contributed by atoms with E-state index in [1.165, 1.54) is 5.39 Å². The Morgan fingerprint density at radius 3 is 2.67 bits per heavy atom. The molecule has 2 nitrogen and oxygen atoms in total. The molecule has 1 N–H and O–H groups in total. The SMILES string of the molecule is OCCCOc1cccc2ccccc12. The number of hydrogen-bond donors (Lipinski definition) is 1. The van der Waals surface area contributed by atoms with Gasteiger partial charge in [-0.15, -0.1) is 0 Å². The van der Waals surface area contributed by atoms with Crippen LogP contribution >= 0.6 is 0 Å². The third-order valence-electron chi connectivity index (χ3n) is 2.31. The van der Waals surface area contributed by atoms with Crippen LogP contribution in [0.2, 0.25) is 0 Å². The smallest absolute Gasteiger partial charge is 0.127 e. The Morgan fingerprint density at radius 1 is 1.00 bits per heavy atom. The summed E-state index contributed by atoms with van der Waals surface area (Å²) in [5.74, 6) is 0.890. The predicted molar refractivity (Wildman–Crippen MR) is 61.1 cm³/mol. The van der Waals surface area contributed by atoms with Crippen molar-refractivity contribution in [1.29, 1.82) is 0 Å². The van der Waals surface area contributed by atoms with Crippen molar-refractivity contribution in [3.8, 4) is 5.75 Å². The molecule has 0 heterocycles. The first-order chi connectivity index (χ1) is 7.42. The molecule has 0 saturated carbocycles. The lowest BCUT2D eigenvalue weighted by molar-refractivity contribution is 0.235. The lowest BCUT2D eigenvalue weighted by Gasteiger charge is -2.08. The van der Waals surface area contributed by atoms with Crippen molar-refractivity contribution in [2.45, 2.75) is 6.42 Å². The predicted octanol–water partition coefficient (Wildman–Crippen LogP) is 2.60. The highest BCUT2D eigenvalue weighted by Gasteiger charge is 1.99. The van der Waals surface area contributed by atoms with Crippen LogP contribution in [0.25, 0.3) is 10.8 Å². The summed E-state index contributed by atoms with van der Waals surface area (Å²) >= 11 is 0. The maximum absolute atomic E-state index is 8.68. The average molecular weight is 202 g/mol. The summed E-state index contributed by atoms with van der Waals surface area (Å²) in [7, 11) is 0. The molecule has 2 heteroatoms. The lowest BCUT2D eigenvalue weighted by atomic mass is 10.1. The zero-order chi connectivity index (χ0) is 10.5. The van der Waals surface area contributed by atoms with Gasteiger partial charge in [0.1, 0.15) is 5.75 Å². The van der Waals surface area contributed by atoms with Gasteiger partial charge in [-0.3, -0.25) is 0 Å². The normalized spacial score (nSPS) is 10.5. The minimum absolute atomic E-state index is 0.171. The van der Waals surface area contributed by atoms with Crippen molar-refractivity contribution < 1.29 is 9.84 Å². The quantitative estimate of drug-likeness (QED) is 0.772. The molecule has 0 unspecified atom stereocenters. The van der Waals surface area contributed by atoms with Gasteiger partial charge in [0.25, 0.3) is 0 Å². The molecule has 15 heavy (non-hydrogen) atoms. The Kier molecular flexibility index (Phi) is 3.20. The number of fused-ring (bicyclic) bond motifs is 1. The molecule has 0 bridgehead atoms. The molecular weight excluding hydrogens is 188 g/mol. The van der Waals surface area contributed by atoms with Gasteiger partial charge in [-0.1, -0.05) is 36.4 Å². The summed E-state index contributed by atoms with van der Waals surface area (Å²) in [4.78, 5) is 0. The Morgan fingerprint density at radius 2 is 1.80 bits per heavy atom. The van der Waals surface area contributed by atoms with E-state index in [2.05, 4.69) is 12.1 Å². The van der Waals surface area contributed by atoms with Gasteiger partial charge in [-0.05, 0) is 11.5 Å². The number of aliphatic hydroxyl groups excluding tert-OH is 1. The maximum Gasteiger partial charge on any atom is 0.127 e. The van der Waals surface area contributed by atoms with Crippen LogP contribution in [0.1, 0.15) is 6.42 Å². The molecule has 2 rings (SSSR count). The zero-order valence-electron chi connectivity index (χ0n) is 8.52. The fourth-order valence-corrected chi connectivity index (χ4v) is 1.57. The fraction of sp³-hybridized carbons (Fsp3) is 0.231. The van der Waals surface area contributed by atoms with Gasteiger partial charge >= 0.3 is 0 Å². The first-order valence-electron chi connectivity index (χ1n) is 5.13. The van der Waals surface area contributed by atoms with Gasteiger partial charge in [0, 0.05) is 18.4 Å². The van der Waals surface area contributed by atoms with Gasteiger partial charge in [-0.2, -0.15) is 0 Å². The Balaban J connectivity index is 2.26. The van der Waals surface area contributed by atoms with Crippen molar-refractivity contribution in [3.05, 3.63) is 42.5 Å². The average Bonchev–Trinajstić information content (AvgIpc) is 2.30. The molecule has 2 aromatic rings. The molecule has 0 amide bonds. The van der Waals surface area contributed by atoms with Crippen LogP contribution in [0.5, 0.6) is 5.75 Å². The fourth-order valence-electron chi connectivity index (χ4n) is 1.57. The second kappa shape index (κ2) is 4.80. The second-order valence-corrected chi connectivity index (χ2v) is 3.40. The minimum Gasteiger partial charge on any atom is -0.493 e. The molecule has 0 aliphatic rings. The number of hydrogen-bond acceptors (Lipinski definition) is 2. The van der Waals surface area contributed by atoms with E-state index in [-0.39, 0.29) is 6.61 Å². The van der Waals surface area contributed by atoms with Crippen molar-refractivity contribution in [3.63, 3.8) is 0 Å². The molecule has 0 aliphatic heterocycles. The van der Waals surface area contributed by atoms with Crippen molar-refractivity contribution in [2.75, 3.05) is 13.2 Å². The summed E-state index contributed by atoms with van der Waals surface area (Å²) < 4.78 is 5.60. The molecule has 0 spiro atoms. The highest BCUT2D eigenvalue weighted by Crippen LogP contribution is 2.24. The van der Waals surface area contributed by atoms with Crippen LogP contribution in [-0.4, -0.2) is 18.3 Å². The minimum atomic E-state index is 0.171. The first kappa shape index (κ1) is 9.99. The van der Waals surface area contributed by atoms with Crippen molar-refractivity contribution in [1.82, 2.24) is 0 Å². The highest BCUT2D eigenvalue weighted by atomic mass is 16.5. The summed E-state index contributed by atoms with van der Waals surface area (Å²) in [6, 6.07) is 14.1. The third-order valence-corrected chi connectivity index (χ3v) is 2.31. The molecule has 0 fully saturated rings. The lowest BCUT2D eigenvalue weighted by Crippen LogP contribution is -1.99. The van der Waals surface area contributed by atoms with Crippen molar-refractivity contribution in [2.24, 2.45) is 0 Å². The van der Waals surface area contributed by atoms with E-state index in [0.717, 1.165) is 11.1 Å². The number of benzene rings is 2. The van der Waals surface area contributed by atoms with Crippen LogP contribution in [0.3, 0.4) is 0 Å². The molecule has 0 atom stereocenters. The molecule has 0 radical (unpaired) electrons. The molecule has 0 aliphatic carbocycles. The van der Waals surface area contributed by atoms with Crippen LogP contribution < -0.4 is 4.74 Å². The van der Waals surface area contributed by atoms with Gasteiger partial charge in [0.2, 0.25) is 0 Å². The topological polar surface area (TPSA) is 29.5 Å². The summed E-state index contributed by atoms with van der Waals surface area (Å²) in [6.45, 7) is 0.731. The van der Waals surface area contributed by atoms with Gasteiger partial charge in [0.15, 0.2) is 0 Å². The first-order valence-corrected chi connectivity index (χ1v) is 5.13. The second-order valence-electron chi connectivity index (χ2n) is 3.40. The van der Waals surface area contributed by atoms with E-state index in [9.17, 15) is 0 Å². The number of rotatable bonds is 4. The Hall–Kier alpha value is -1.54. The monoisotopic (exact) mass is 202 g/mol. The van der Waals surface area contributed by atoms with E-state index >= 15 is 0 Å². The maximum atomic E-state index is 8.68. The van der Waals surface area contributed by atoms with E-state index in [4.69, 9.17) is 9.84 Å². The van der Waals surface area contributed by atoms with Crippen LogP contribution in [0.15, 0.2) is 42.5 Å². The zero-order valence-corrected chi connectivity index (χ0v) is 8.52. The molecule has 0 aromatic heterocycles. The standard InChI is InChI=1S/C13H14O2/c14-9-4-10-15-13-8-3-6-11-5-1-2-7-12(11)13/h1-3,5-8,14H,4,9-10H2. The molecule has 78 valence electrons.